The van der Waals surface area contributed by atoms with Crippen molar-refractivity contribution in [2.75, 3.05) is 0 Å². The minimum Gasteiger partial charge on any atom is -0.344 e. The molecule has 4 nitrogen and oxygen atoms in total. The lowest BCUT2D eigenvalue weighted by Crippen LogP contribution is -2.36. The molecule has 1 heterocycles. The summed E-state index contributed by atoms with van der Waals surface area (Å²) in [4.78, 5) is 26.5. The fourth-order valence-corrected chi connectivity index (χ4v) is 3.46. The zero-order valence-corrected chi connectivity index (χ0v) is 16.9. The maximum absolute atomic E-state index is 13.1. The normalized spacial score (nSPS) is 12.3. The Morgan fingerprint density at radius 3 is 2.41 bits per heavy atom. The summed E-state index contributed by atoms with van der Waals surface area (Å²) in [5.41, 5.74) is 2.24. The zero-order valence-electron chi connectivity index (χ0n) is 16.1. The Balaban J connectivity index is 1.81. The summed E-state index contributed by atoms with van der Waals surface area (Å²) in [5.74, 6) is -1.11. The summed E-state index contributed by atoms with van der Waals surface area (Å²) < 4.78 is 13.1. The van der Waals surface area contributed by atoms with Crippen LogP contribution < -0.4 is 10.6 Å². The van der Waals surface area contributed by atoms with Gasteiger partial charge in [0, 0.05) is 10.4 Å². The Hall–Kier alpha value is -3.25. The number of hydrogen-bond donors (Lipinski definition) is 2. The van der Waals surface area contributed by atoms with E-state index < -0.39 is 5.91 Å². The number of halogens is 1. The lowest BCUT2D eigenvalue weighted by molar-refractivity contribution is -0.118. The SMILES string of the molecule is Cc1ccccc1C(=O)N/C(=C\c1cccs1)C(=O)NC(C)c1ccc(F)cc1. The van der Waals surface area contributed by atoms with Gasteiger partial charge in [-0.3, -0.25) is 9.59 Å². The van der Waals surface area contributed by atoms with Gasteiger partial charge in [0.15, 0.2) is 0 Å². The predicted octanol–water partition coefficient (Wildman–Crippen LogP) is 4.84. The molecule has 6 heteroatoms. The van der Waals surface area contributed by atoms with Crippen molar-refractivity contribution in [1.82, 2.24) is 10.6 Å². The molecule has 1 aromatic heterocycles. The molecule has 0 saturated heterocycles. The van der Waals surface area contributed by atoms with Gasteiger partial charge in [-0.05, 0) is 60.7 Å². The molecule has 2 N–H and O–H groups in total. The first-order valence-electron chi connectivity index (χ1n) is 9.12. The molecule has 3 aromatic rings. The van der Waals surface area contributed by atoms with Gasteiger partial charge in [0.05, 0.1) is 6.04 Å². The van der Waals surface area contributed by atoms with Crippen molar-refractivity contribution in [1.29, 1.82) is 0 Å². The van der Waals surface area contributed by atoms with Crippen molar-refractivity contribution in [3.63, 3.8) is 0 Å². The van der Waals surface area contributed by atoms with Crippen LogP contribution in [0.2, 0.25) is 0 Å². The number of carbonyl (C=O) groups is 2. The largest absolute Gasteiger partial charge is 0.344 e. The minimum absolute atomic E-state index is 0.148. The number of rotatable bonds is 6. The van der Waals surface area contributed by atoms with E-state index in [0.717, 1.165) is 16.0 Å². The highest BCUT2D eigenvalue weighted by atomic mass is 32.1. The topological polar surface area (TPSA) is 58.2 Å². The molecule has 0 aliphatic carbocycles. The van der Waals surface area contributed by atoms with E-state index in [1.54, 1.807) is 37.3 Å². The minimum atomic E-state index is -0.419. The highest BCUT2D eigenvalue weighted by molar-refractivity contribution is 7.10. The summed E-state index contributed by atoms with van der Waals surface area (Å²) in [6, 6.07) is 16.5. The first-order valence-corrected chi connectivity index (χ1v) is 10.0. The van der Waals surface area contributed by atoms with Crippen molar-refractivity contribution in [2.24, 2.45) is 0 Å². The van der Waals surface area contributed by atoms with E-state index in [4.69, 9.17) is 0 Å². The number of nitrogens with one attached hydrogen (secondary N) is 2. The van der Waals surface area contributed by atoms with Gasteiger partial charge in [-0.2, -0.15) is 0 Å². The van der Waals surface area contributed by atoms with Crippen LogP contribution >= 0.6 is 11.3 Å². The van der Waals surface area contributed by atoms with Crippen molar-refractivity contribution < 1.29 is 14.0 Å². The lowest BCUT2D eigenvalue weighted by Gasteiger charge is -2.17. The number of benzene rings is 2. The molecule has 0 fully saturated rings. The average Bonchev–Trinajstić information content (AvgIpc) is 3.21. The maximum Gasteiger partial charge on any atom is 0.268 e. The number of hydrogen-bond acceptors (Lipinski definition) is 3. The van der Waals surface area contributed by atoms with Crippen LogP contribution in [-0.2, 0) is 4.79 Å². The number of carbonyl (C=O) groups excluding carboxylic acids is 2. The van der Waals surface area contributed by atoms with E-state index in [1.165, 1.54) is 23.5 Å². The third-order valence-electron chi connectivity index (χ3n) is 4.43. The molecule has 0 radical (unpaired) electrons. The molecule has 0 bridgehead atoms. The van der Waals surface area contributed by atoms with Crippen LogP contribution in [0, 0.1) is 12.7 Å². The van der Waals surface area contributed by atoms with Gasteiger partial charge in [-0.1, -0.05) is 36.4 Å². The maximum atomic E-state index is 13.1. The fraction of sp³-hybridized carbons (Fsp3) is 0.130. The highest BCUT2D eigenvalue weighted by Gasteiger charge is 2.18. The Kier molecular flexibility index (Phi) is 6.57. The second kappa shape index (κ2) is 9.30. The molecule has 0 saturated carbocycles. The van der Waals surface area contributed by atoms with E-state index >= 15 is 0 Å². The van der Waals surface area contributed by atoms with Gasteiger partial charge in [-0.25, -0.2) is 4.39 Å². The summed E-state index contributed by atoms with van der Waals surface area (Å²) in [6.45, 7) is 3.64. The summed E-state index contributed by atoms with van der Waals surface area (Å²) in [7, 11) is 0. The van der Waals surface area contributed by atoms with Crippen molar-refractivity contribution in [3.8, 4) is 0 Å². The van der Waals surface area contributed by atoms with Gasteiger partial charge in [0.1, 0.15) is 11.5 Å². The van der Waals surface area contributed by atoms with Gasteiger partial charge in [-0.15, -0.1) is 11.3 Å². The van der Waals surface area contributed by atoms with Crippen molar-refractivity contribution in [2.45, 2.75) is 19.9 Å². The first kappa shape index (κ1) is 20.5. The second-order valence-corrected chi connectivity index (χ2v) is 7.57. The van der Waals surface area contributed by atoms with Crippen LogP contribution in [0.25, 0.3) is 6.08 Å². The molecule has 1 unspecified atom stereocenters. The van der Waals surface area contributed by atoms with Gasteiger partial charge < -0.3 is 10.6 Å². The monoisotopic (exact) mass is 408 g/mol. The quantitative estimate of drug-likeness (QED) is 0.573. The van der Waals surface area contributed by atoms with Crippen LogP contribution in [0.4, 0.5) is 4.39 Å². The smallest absolute Gasteiger partial charge is 0.268 e. The fourth-order valence-electron chi connectivity index (χ4n) is 2.80. The van der Waals surface area contributed by atoms with Crippen LogP contribution in [0.15, 0.2) is 71.7 Å². The molecule has 1 atom stereocenters. The molecule has 3 rings (SSSR count). The van der Waals surface area contributed by atoms with Gasteiger partial charge >= 0.3 is 0 Å². The Bertz CT molecular complexity index is 1030. The standard InChI is InChI=1S/C23H21FN2O2S/c1-15-6-3-4-8-20(15)22(27)26-21(14-19-7-5-13-29-19)23(28)25-16(2)17-9-11-18(24)12-10-17/h3-14,16H,1-2H3,(H,25,28)(H,26,27)/b21-14-. The molecular weight excluding hydrogens is 387 g/mol. The molecule has 148 valence electrons. The van der Waals surface area contributed by atoms with E-state index in [-0.39, 0.29) is 23.5 Å². The molecule has 0 spiro atoms. The molecule has 0 aliphatic heterocycles. The van der Waals surface area contributed by atoms with Crippen LogP contribution in [-0.4, -0.2) is 11.8 Å². The number of amides is 2. The molecule has 2 aromatic carbocycles. The van der Waals surface area contributed by atoms with Gasteiger partial charge in [0.2, 0.25) is 0 Å². The summed E-state index contributed by atoms with van der Waals surface area (Å²) in [5, 5.41) is 7.49. The van der Waals surface area contributed by atoms with Crippen LogP contribution in [0.5, 0.6) is 0 Å². The zero-order chi connectivity index (χ0) is 20.8. The molecule has 2 amide bonds. The Labute approximate surface area is 173 Å². The van der Waals surface area contributed by atoms with Gasteiger partial charge in [0.25, 0.3) is 11.8 Å². The van der Waals surface area contributed by atoms with Crippen LogP contribution in [0.1, 0.15) is 39.3 Å². The highest BCUT2D eigenvalue weighted by Crippen LogP contribution is 2.16. The van der Waals surface area contributed by atoms with E-state index in [9.17, 15) is 14.0 Å². The van der Waals surface area contributed by atoms with Crippen molar-refractivity contribution in [3.05, 3.63) is 99.1 Å². The number of aryl methyl sites for hydroxylation is 1. The molecule has 29 heavy (non-hydrogen) atoms. The van der Waals surface area contributed by atoms with Crippen LogP contribution in [0.3, 0.4) is 0 Å². The first-order chi connectivity index (χ1) is 13.9. The summed E-state index contributed by atoms with van der Waals surface area (Å²) >= 11 is 1.46. The summed E-state index contributed by atoms with van der Waals surface area (Å²) in [6.07, 6.45) is 1.65. The molecule has 0 aliphatic rings. The lowest BCUT2D eigenvalue weighted by atomic mass is 10.1. The average molecular weight is 408 g/mol. The van der Waals surface area contributed by atoms with Crippen molar-refractivity contribution >= 4 is 29.2 Å². The number of thiophene rings is 1. The van der Waals surface area contributed by atoms with E-state index in [2.05, 4.69) is 10.6 Å². The predicted molar refractivity (Wildman–Crippen MR) is 114 cm³/mol. The van der Waals surface area contributed by atoms with E-state index in [1.807, 2.05) is 36.6 Å². The third kappa shape index (κ3) is 5.39. The second-order valence-electron chi connectivity index (χ2n) is 6.59. The Morgan fingerprint density at radius 1 is 1.03 bits per heavy atom. The Morgan fingerprint density at radius 2 is 1.76 bits per heavy atom. The van der Waals surface area contributed by atoms with E-state index in [0.29, 0.717) is 5.56 Å². The molecular formula is C23H21FN2O2S. The third-order valence-corrected chi connectivity index (χ3v) is 5.25.